The summed E-state index contributed by atoms with van der Waals surface area (Å²) in [4.78, 5) is 23.2. The van der Waals surface area contributed by atoms with Crippen molar-refractivity contribution in [2.24, 2.45) is 11.7 Å². The Hall–Kier alpha value is -0.900. The van der Waals surface area contributed by atoms with Crippen molar-refractivity contribution >= 4 is 11.8 Å². The van der Waals surface area contributed by atoms with E-state index in [9.17, 15) is 9.59 Å². The van der Waals surface area contributed by atoms with Crippen molar-refractivity contribution in [2.75, 3.05) is 0 Å². The molecule has 0 saturated carbocycles. The first-order valence-electron chi connectivity index (χ1n) is 8.58. The van der Waals surface area contributed by atoms with E-state index in [-0.39, 0.29) is 17.7 Å². The van der Waals surface area contributed by atoms with Gasteiger partial charge in [0, 0.05) is 6.42 Å². The molecule has 4 nitrogen and oxygen atoms in total. The Morgan fingerprint density at radius 2 is 1.38 bits per heavy atom. The summed E-state index contributed by atoms with van der Waals surface area (Å²) < 4.78 is 0. The Labute approximate surface area is 130 Å². The van der Waals surface area contributed by atoms with Gasteiger partial charge in [0.1, 0.15) is 0 Å². The maximum absolute atomic E-state index is 11.6. The fraction of sp³-hybridized carbons (Fsp3) is 0.882. The molecule has 124 valence electrons. The minimum atomic E-state index is -0.600. The molecule has 0 spiro atoms. The van der Waals surface area contributed by atoms with Crippen molar-refractivity contribution in [2.45, 2.75) is 91.0 Å². The number of unbranched alkanes of at least 4 members (excludes halogenated alkanes) is 8. The zero-order valence-electron chi connectivity index (χ0n) is 14.1. The monoisotopic (exact) mass is 298 g/mol. The van der Waals surface area contributed by atoms with Gasteiger partial charge >= 0.3 is 0 Å². The second-order valence-electron chi connectivity index (χ2n) is 6.26. The van der Waals surface area contributed by atoms with Crippen molar-refractivity contribution in [1.29, 1.82) is 0 Å². The molecule has 0 saturated heterocycles. The Morgan fingerprint density at radius 3 is 1.86 bits per heavy atom. The molecule has 1 atom stereocenters. The third-order valence-corrected chi connectivity index (χ3v) is 3.79. The summed E-state index contributed by atoms with van der Waals surface area (Å²) in [5, 5.41) is 2.38. The van der Waals surface area contributed by atoms with E-state index in [1.807, 2.05) is 13.8 Å². The van der Waals surface area contributed by atoms with E-state index in [1.54, 1.807) is 0 Å². The third-order valence-electron chi connectivity index (χ3n) is 3.79. The molecule has 0 fully saturated rings. The van der Waals surface area contributed by atoms with Crippen molar-refractivity contribution < 1.29 is 9.59 Å². The van der Waals surface area contributed by atoms with Crippen LogP contribution in [0.3, 0.4) is 0 Å². The normalized spacial score (nSPS) is 12.4. The van der Waals surface area contributed by atoms with E-state index in [4.69, 9.17) is 5.73 Å². The van der Waals surface area contributed by atoms with Crippen LogP contribution in [0, 0.1) is 5.92 Å². The van der Waals surface area contributed by atoms with E-state index in [1.165, 1.54) is 44.9 Å². The van der Waals surface area contributed by atoms with Crippen LogP contribution < -0.4 is 11.1 Å². The molecule has 0 aromatic carbocycles. The van der Waals surface area contributed by atoms with Crippen LogP contribution in [0.25, 0.3) is 0 Å². The van der Waals surface area contributed by atoms with Crippen molar-refractivity contribution in [3.8, 4) is 0 Å². The fourth-order valence-corrected chi connectivity index (χ4v) is 2.18. The summed E-state index contributed by atoms with van der Waals surface area (Å²) in [5.41, 5.74) is 5.69. The maximum Gasteiger partial charge on any atom is 0.243 e. The number of rotatable bonds is 12. The number of hydrogen-bond donors (Lipinski definition) is 2. The summed E-state index contributed by atoms with van der Waals surface area (Å²) in [6, 6.07) is -0.600. The average molecular weight is 298 g/mol. The van der Waals surface area contributed by atoms with Gasteiger partial charge in [0.15, 0.2) is 0 Å². The zero-order valence-corrected chi connectivity index (χ0v) is 14.1. The van der Waals surface area contributed by atoms with Gasteiger partial charge in [-0.05, 0) is 12.3 Å². The van der Waals surface area contributed by atoms with Gasteiger partial charge in [0.05, 0.1) is 6.04 Å². The standard InChI is InChI=1S/C17H34N2O2/c1-4-5-6-7-8-9-10-11-12-13-15(20)19-17(21)16(18)14(2)3/h14,16H,4-13,18H2,1-3H3,(H,19,20,21). The highest BCUT2D eigenvalue weighted by molar-refractivity contribution is 5.97. The fourth-order valence-electron chi connectivity index (χ4n) is 2.18. The van der Waals surface area contributed by atoms with Gasteiger partial charge in [-0.2, -0.15) is 0 Å². The van der Waals surface area contributed by atoms with Crippen molar-refractivity contribution in [1.82, 2.24) is 5.32 Å². The van der Waals surface area contributed by atoms with Gasteiger partial charge in [-0.15, -0.1) is 0 Å². The molecule has 0 rings (SSSR count). The number of nitrogens with one attached hydrogen (secondary N) is 1. The highest BCUT2D eigenvalue weighted by atomic mass is 16.2. The van der Waals surface area contributed by atoms with Gasteiger partial charge in [-0.1, -0.05) is 72.1 Å². The minimum Gasteiger partial charge on any atom is -0.320 e. The Kier molecular flexibility index (Phi) is 12.3. The first kappa shape index (κ1) is 20.1. The molecular formula is C17H34N2O2. The van der Waals surface area contributed by atoms with Gasteiger partial charge < -0.3 is 5.73 Å². The van der Waals surface area contributed by atoms with E-state index >= 15 is 0 Å². The second kappa shape index (κ2) is 12.8. The molecule has 0 aromatic rings. The van der Waals surface area contributed by atoms with Crippen LogP contribution in [0.1, 0.15) is 85.0 Å². The summed E-state index contributed by atoms with van der Waals surface area (Å²) in [6.45, 7) is 5.97. The topological polar surface area (TPSA) is 72.2 Å². The lowest BCUT2D eigenvalue weighted by Crippen LogP contribution is -2.46. The van der Waals surface area contributed by atoms with Gasteiger partial charge in [-0.3, -0.25) is 14.9 Å². The highest BCUT2D eigenvalue weighted by Crippen LogP contribution is 2.10. The SMILES string of the molecule is CCCCCCCCCCCC(=O)NC(=O)C(N)C(C)C. The van der Waals surface area contributed by atoms with Crippen molar-refractivity contribution in [3.05, 3.63) is 0 Å². The number of carbonyl (C=O) groups excluding carboxylic acids is 2. The number of amides is 2. The lowest BCUT2D eigenvalue weighted by molar-refractivity contribution is -0.131. The first-order valence-corrected chi connectivity index (χ1v) is 8.58. The first-order chi connectivity index (χ1) is 9.99. The van der Waals surface area contributed by atoms with Crippen LogP contribution in [-0.4, -0.2) is 17.9 Å². The van der Waals surface area contributed by atoms with Crippen LogP contribution in [0.5, 0.6) is 0 Å². The highest BCUT2D eigenvalue weighted by Gasteiger charge is 2.18. The van der Waals surface area contributed by atoms with E-state index < -0.39 is 6.04 Å². The molecular weight excluding hydrogens is 264 g/mol. The molecule has 0 aliphatic rings. The molecule has 21 heavy (non-hydrogen) atoms. The summed E-state index contributed by atoms with van der Waals surface area (Å²) >= 11 is 0. The molecule has 0 bridgehead atoms. The molecule has 3 N–H and O–H groups in total. The number of imide groups is 1. The van der Waals surface area contributed by atoms with Gasteiger partial charge in [-0.25, -0.2) is 0 Å². The lowest BCUT2D eigenvalue weighted by atomic mass is 10.0. The third kappa shape index (κ3) is 11.4. The predicted molar refractivity (Wildman–Crippen MR) is 87.8 cm³/mol. The number of nitrogens with two attached hydrogens (primary N) is 1. The van der Waals surface area contributed by atoms with Gasteiger partial charge in [0.2, 0.25) is 11.8 Å². The van der Waals surface area contributed by atoms with Crippen LogP contribution in [0.4, 0.5) is 0 Å². The molecule has 0 radical (unpaired) electrons. The zero-order chi connectivity index (χ0) is 16.1. The largest absolute Gasteiger partial charge is 0.320 e. The van der Waals surface area contributed by atoms with E-state index in [0.717, 1.165) is 12.8 Å². The van der Waals surface area contributed by atoms with E-state index in [0.29, 0.717) is 6.42 Å². The molecule has 0 heterocycles. The van der Waals surface area contributed by atoms with Crippen molar-refractivity contribution in [3.63, 3.8) is 0 Å². The van der Waals surface area contributed by atoms with E-state index in [2.05, 4.69) is 12.2 Å². The van der Waals surface area contributed by atoms with Crippen LogP contribution >= 0.6 is 0 Å². The Morgan fingerprint density at radius 1 is 0.905 bits per heavy atom. The van der Waals surface area contributed by atoms with Crippen LogP contribution in [0.2, 0.25) is 0 Å². The Balaban J connectivity index is 3.48. The second-order valence-corrected chi connectivity index (χ2v) is 6.26. The molecule has 0 aromatic heterocycles. The lowest BCUT2D eigenvalue weighted by Gasteiger charge is -2.14. The molecule has 1 unspecified atom stereocenters. The molecule has 2 amide bonds. The summed E-state index contributed by atoms with van der Waals surface area (Å²) in [7, 11) is 0. The van der Waals surface area contributed by atoms with Crippen LogP contribution in [-0.2, 0) is 9.59 Å². The average Bonchev–Trinajstić information content (AvgIpc) is 2.44. The van der Waals surface area contributed by atoms with Crippen LogP contribution in [0.15, 0.2) is 0 Å². The van der Waals surface area contributed by atoms with Gasteiger partial charge in [0.25, 0.3) is 0 Å². The maximum atomic E-state index is 11.6. The summed E-state index contributed by atoms with van der Waals surface area (Å²) in [5.74, 6) is -0.504. The molecule has 0 aliphatic heterocycles. The molecule has 4 heteroatoms. The number of hydrogen-bond acceptors (Lipinski definition) is 3. The predicted octanol–water partition coefficient (Wildman–Crippen LogP) is 3.53. The quantitative estimate of drug-likeness (QED) is 0.541. The summed E-state index contributed by atoms with van der Waals surface area (Å²) in [6.07, 6.45) is 11.4. The Bertz CT molecular complexity index is 291. The smallest absolute Gasteiger partial charge is 0.243 e. The number of carbonyl (C=O) groups is 2. The minimum absolute atomic E-state index is 0.0468. The molecule has 0 aliphatic carbocycles.